The number of carbonyl (C=O) groups is 2. The Morgan fingerprint density at radius 3 is 1.42 bits per heavy atom. The molecule has 134 valence electrons. The van der Waals surface area contributed by atoms with Crippen LogP contribution in [-0.4, -0.2) is 49.6 Å². The summed E-state index contributed by atoms with van der Waals surface area (Å²) >= 11 is 0. The van der Waals surface area contributed by atoms with E-state index in [4.69, 9.17) is 18.9 Å². The van der Waals surface area contributed by atoms with Gasteiger partial charge in [0.2, 0.25) is 0 Å². The van der Waals surface area contributed by atoms with Gasteiger partial charge in [-0.15, -0.1) is 0 Å². The summed E-state index contributed by atoms with van der Waals surface area (Å²) in [7, 11) is 0. The number of ether oxygens (including phenoxy) is 4. The molecule has 0 amide bonds. The molecule has 0 spiro atoms. The third-order valence-corrected chi connectivity index (χ3v) is 4.50. The monoisotopic (exact) mass is 354 g/mol. The van der Waals surface area contributed by atoms with Crippen molar-refractivity contribution in [3.63, 3.8) is 0 Å². The number of esters is 2. The zero-order valence-corrected chi connectivity index (χ0v) is 13.9. The van der Waals surface area contributed by atoms with E-state index >= 15 is 0 Å². The van der Waals surface area contributed by atoms with E-state index in [1.807, 2.05) is 12.1 Å². The van der Waals surface area contributed by atoms with Gasteiger partial charge in [0.05, 0.1) is 11.1 Å². The predicted molar refractivity (Wildman–Crippen MR) is 90.8 cm³/mol. The van der Waals surface area contributed by atoms with Gasteiger partial charge >= 0.3 is 11.9 Å². The van der Waals surface area contributed by atoms with Crippen molar-refractivity contribution < 1.29 is 28.5 Å². The van der Waals surface area contributed by atoms with Gasteiger partial charge < -0.3 is 18.9 Å². The van der Waals surface area contributed by atoms with E-state index < -0.39 is 0 Å². The molecule has 4 rings (SSSR count). The van der Waals surface area contributed by atoms with Gasteiger partial charge in [-0.1, -0.05) is 36.4 Å². The highest BCUT2D eigenvalue weighted by molar-refractivity contribution is 5.89. The Kier molecular flexibility index (Phi) is 4.69. The van der Waals surface area contributed by atoms with Gasteiger partial charge in [-0.25, -0.2) is 9.59 Å². The average molecular weight is 354 g/mol. The maximum atomic E-state index is 11.9. The van der Waals surface area contributed by atoms with Crippen LogP contribution in [0, 0.1) is 0 Å². The molecule has 0 bridgehead atoms. The van der Waals surface area contributed by atoms with Crippen molar-refractivity contribution in [2.75, 3.05) is 13.2 Å². The molecule has 6 nitrogen and oxygen atoms in total. The van der Waals surface area contributed by atoms with Crippen LogP contribution in [-0.2, 0) is 18.9 Å². The molecular weight excluding hydrogens is 336 g/mol. The lowest BCUT2D eigenvalue weighted by Gasteiger charge is -2.56. The number of carbonyl (C=O) groups excluding carboxylic acids is 2. The maximum Gasteiger partial charge on any atom is 0.338 e. The highest BCUT2D eigenvalue weighted by atomic mass is 16.7. The largest absolute Gasteiger partial charge is 0.459 e. The van der Waals surface area contributed by atoms with Gasteiger partial charge in [0.25, 0.3) is 0 Å². The Morgan fingerprint density at radius 2 is 1.08 bits per heavy atom. The Morgan fingerprint density at radius 1 is 0.692 bits per heavy atom. The zero-order chi connectivity index (χ0) is 17.9. The van der Waals surface area contributed by atoms with Crippen LogP contribution in [0.4, 0.5) is 0 Å². The molecule has 0 radical (unpaired) electrons. The summed E-state index contributed by atoms with van der Waals surface area (Å²) < 4.78 is 21.9. The van der Waals surface area contributed by atoms with E-state index in [1.165, 1.54) is 0 Å². The molecule has 2 aliphatic rings. The molecule has 2 aromatic carbocycles. The molecular formula is C20H18O6. The van der Waals surface area contributed by atoms with Crippen molar-refractivity contribution >= 4 is 11.9 Å². The normalized spacial score (nSPS) is 26.0. The molecule has 4 atom stereocenters. The van der Waals surface area contributed by atoms with Crippen LogP contribution < -0.4 is 0 Å². The molecule has 0 aliphatic carbocycles. The fourth-order valence-electron chi connectivity index (χ4n) is 3.03. The lowest BCUT2D eigenvalue weighted by atomic mass is 9.90. The van der Waals surface area contributed by atoms with Crippen LogP contribution in [0.2, 0.25) is 0 Å². The first kappa shape index (κ1) is 16.8. The first-order valence-electron chi connectivity index (χ1n) is 8.47. The fraction of sp³-hybridized carbons (Fsp3) is 0.300. The topological polar surface area (TPSA) is 71.1 Å². The summed E-state index contributed by atoms with van der Waals surface area (Å²) in [5.74, 6) is -0.768. The van der Waals surface area contributed by atoms with Gasteiger partial charge in [-0.05, 0) is 24.3 Å². The summed E-state index contributed by atoms with van der Waals surface area (Å²) in [6.07, 6.45) is -0.763. The Hall–Kier alpha value is -2.70. The molecule has 0 unspecified atom stereocenters. The van der Waals surface area contributed by atoms with Gasteiger partial charge in [0, 0.05) is 0 Å². The van der Waals surface area contributed by atoms with Crippen LogP contribution in [0.25, 0.3) is 0 Å². The molecule has 0 saturated carbocycles. The molecule has 2 fully saturated rings. The van der Waals surface area contributed by atoms with Crippen LogP contribution in [0.5, 0.6) is 0 Å². The van der Waals surface area contributed by atoms with E-state index in [9.17, 15) is 9.59 Å². The Balaban J connectivity index is 1.17. The average Bonchev–Trinajstić information content (AvgIpc) is 2.69. The SMILES string of the molecule is O=C(OC[C@@H]1O[C@@H]2[C@H]1O[C@H]2COC(=O)c1ccccc1)c1ccccc1. The predicted octanol–water partition coefficient (Wildman–Crippen LogP) is 2.24. The fourth-order valence-corrected chi connectivity index (χ4v) is 3.03. The molecule has 2 saturated heterocycles. The van der Waals surface area contributed by atoms with Gasteiger partial charge in [0.1, 0.15) is 37.6 Å². The molecule has 2 aliphatic heterocycles. The van der Waals surface area contributed by atoms with Gasteiger partial charge in [-0.3, -0.25) is 0 Å². The molecule has 26 heavy (non-hydrogen) atoms. The van der Waals surface area contributed by atoms with Crippen molar-refractivity contribution in [2.24, 2.45) is 0 Å². The molecule has 2 heterocycles. The summed E-state index contributed by atoms with van der Waals surface area (Å²) in [6.45, 7) is 0.289. The van der Waals surface area contributed by atoms with E-state index in [0.717, 1.165) is 0 Å². The van der Waals surface area contributed by atoms with E-state index in [-0.39, 0.29) is 49.6 Å². The van der Waals surface area contributed by atoms with E-state index in [1.54, 1.807) is 48.5 Å². The maximum absolute atomic E-state index is 11.9. The Labute approximate surface area is 150 Å². The van der Waals surface area contributed by atoms with E-state index in [0.29, 0.717) is 11.1 Å². The number of hydrogen-bond donors (Lipinski definition) is 0. The second-order valence-corrected chi connectivity index (χ2v) is 6.21. The highest BCUT2D eigenvalue weighted by Gasteiger charge is 2.58. The Bertz CT molecular complexity index is 708. The summed E-state index contributed by atoms with van der Waals surface area (Å²) in [5.41, 5.74) is 1.01. The quantitative estimate of drug-likeness (QED) is 0.741. The van der Waals surface area contributed by atoms with Gasteiger partial charge in [-0.2, -0.15) is 0 Å². The summed E-state index contributed by atoms with van der Waals surface area (Å²) in [4.78, 5) is 23.8. The van der Waals surface area contributed by atoms with Crippen molar-refractivity contribution in [3.8, 4) is 0 Å². The lowest BCUT2D eigenvalue weighted by molar-refractivity contribution is -0.376. The van der Waals surface area contributed by atoms with Crippen LogP contribution >= 0.6 is 0 Å². The van der Waals surface area contributed by atoms with Crippen molar-refractivity contribution in [1.82, 2.24) is 0 Å². The minimum Gasteiger partial charge on any atom is -0.459 e. The number of rotatable bonds is 6. The van der Waals surface area contributed by atoms with Crippen molar-refractivity contribution in [1.29, 1.82) is 0 Å². The van der Waals surface area contributed by atoms with Crippen LogP contribution in [0.15, 0.2) is 60.7 Å². The minimum absolute atomic E-state index is 0.112. The number of fused-ring (bicyclic) bond motifs is 1. The first-order chi connectivity index (χ1) is 12.7. The van der Waals surface area contributed by atoms with Crippen LogP contribution in [0.3, 0.4) is 0 Å². The molecule has 6 heteroatoms. The second kappa shape index (κ2) is 7.27. The molecule has 0 aromatic heterocycles. The number of benzene rings is 2. The second-order valence-electron chi connectivity index (χ2n) is 6.21. The highest BCUT2D eigenvalue weighted by Crippen LogP contribution is 2.39. The van der Waals surface area contributed by atoms with Crippen molar-refractivity contribution in [2.45, 2.75) is 24.4 Å². The minimum atomic E-state index is -0.384. The standard InChI is InChI=1S/C20H18O6/c21-19(13-7-3-1-4-8-13)23-11-15-17-18(25-15)16(26-17)12-24-20(22)14-9-5-2-6-10-14/h1-10,15-18H,11-12H2/t15-,16-,17-,18-/m0/s1. The summed E-state index contributed by atoms with van der Waals surface area (Å²) in [5, 5.41) is 0. The zero-order valence-electron chi connectivity index (χ0n) is 13.9. The van der Waals surface area contributed by atoms with Crippen molar-refractivity contribution in [3.05, 3.63) is 71.8 Å². The van der Waals surface area contributed by atoms with E-state index in [2.05, 4.69) is 0 Å². The first-order valence-corrected chi connectivity index (χ1v) is 8.47. The third-order valence-electron chi connectivity index (χ3n) is 4.50. The summed E-state index contributed by atoms with van der Waals surface area (Å²) in [6, 6.07) is 17.6. The molecule has 0 N–H and O–H groups in total. The van der Waals surface area contributed by atoms with Crippen LogP contribution in [0.1, 0.15) is 20.7 Å². The number of hydrogen-bond acceptors (Lipinski definition) is 6. The molecule has 2 aromatic rings. The lowest BCUT2D eigenvalue weighted by Crippen LogP contribution is -2.72. The van der Waals surface area contributed by atoms with Gasteiger partial charge in [0.15, 0.2) is 0 Å². The smallest absolute Gasteiger partial charge is 0.338 e. The third kappa shape index (κ3) is 3.34.